The molecule has 0 unspecified atom stereocenters. The van der Waals surface area contributed by atoms with E-state index in [-0.39, 0.29) is 12.2 Å². The quantitative estimate of drug-likeness (QED) is 0.539. The molecule has 0 aromatic heterocycles. The van der Waals surface area contributed by atoms with Gasteiger partial charge in [0.15, 0.2) is 5.12 Å². The summed E-state index contributed by atoms with van der Waals surface area (Å²) in [7, 11) is 0. The minimum atomic E-state index is -1.27. The van der Waals surface area contributed by atoms with E-state index in [4.69, 9.17) is 10.2 Å². The van der Waals surface area contributed by atoms with Crippen LogP contribution in [-0.4, -0.2) is 45.0 Å². The largest absolute Gasteiger partial charge is 0.481 e. The molecule has 0 saturated heterocycles. The Balaban J connectivity index is 4.18. The fraction of sp³-hybridized carbons (Fsp3) is 0.556. The Bertz CT molecular complexity index is 329. The van der Waals surface area contributed by atoms with E-state index < -0.39 is 35.4 Å². The maximum Gasteiger partial charge on any atom is 0.327 e. The van der Waals surface area contributed by atoms with Crippen molar-refractivity contribution in [3.05, 3.63) is 0 Å². The lowest BCUT2D eigenvalue weighted by molar-refractivity contribution is -0.141. The number of rotatable bonds is 7. The SMILES string of the molecule is CCC(=O)N[C@H](CSC(=O)CC(=O)O)C(=O)O. The van der Waals surface area contributed by atoms with Gasteiger partial charge < -0.3 is 15.5 Å². The van der Waals surface area contributed by atoms with Gasteiger partial charge in [-0.25, -0.2) is 4.79 Å². The topological polar surface area (TPSA) is 121 Å². The molecule has 0 aliphatic carbocycles. The molecule has 0 spiro atoms. The number of aliphatic carboxylic acids is 2. The molecule has 0 saturated carbocycles. The van der Waals surface area contributed by atoms with Crippen molar-refractivity contribution in [2.24, 2.45) is 0 Å². The molecule has 3 N–H and O–H groups in total. The van der Waals surface area contributed by atoms with E-state index in [1.807, 2.05) is 0 Å². The summed E-state index contributed by atoms with van der Waals surface area (Å²) in [5.41, 5.74) is 0. The summed E-state index contributed by atoms with van der Waals surface area (Å²) in [5, 5.41) is 18.7. The summed E-state index contributed by atoms with van der Waals surface area (Å²) in [6, 6.07) is -1.19. The van der Waals surface area contributed by atoms with E-state index in [1.165, 1.54) is 0 Å². The van der Waals surface area contributed by atoms with E-state index >= 15 is 0 Å². The predicted octanol–water partition coefficient (Wildman–Crippen LogP) is -0.300. The van der Waals surface area contributed by atoms with Gasteiger partial charge in [0.25, 0.3) is 0 Å². The fourth-order valence-electron chi connectivity index (χ4n) is 0.822. The molecule has 0 aliphatic rings. The van der Waals surface area contributed by atoms with Crippen LogP contribution in [0, 0.1) is 0 Å². The molecule has 0 heterocycles. The van der Waals surface area contributed by atoms with Gasteiger partial charge in [-0.3, -0.25) is 14.4 Å². The number of hydrogen-bond acceptors (Lipinski definition) is 5. The number of amides is 1. The molecule has 0 aromatic carbocycles. The maximum atomic E-state index is 11.0. The van der Waals surface area contributed by atoms with Crippen molar-refractivity contribution in [2.75, 3.05) is 5.75 Å². The summed E-state index contributed by atoms with van der Waals surface area (Å²) < 4.78 is 0. The van der Waals surface area contributed by atoms with E-state index in [2.05, 4.69) is 5.32 Å². The van der Waals surface area contributed by atoms with Gasteiger partial charge in [-0.05, 0) is 0 Å². The van der Waals surface area contributed by atoms with Crippen LogP contribution in [0.25, 0.3) is 0 Å². The Morgan fingerprint density at radius 2 is 1.82 bits per heavy atom. The third kappa shape index (κ3) is 7.34. The molecule has 0 bridgehead atoms. The Kier molecular flexibility index (Phi) is 6.95. The van der Waals surface area contributed by atoms with Crippen molar-refractivity contribution >= 4 is 34.7 Å². The normalized spacial score (nSPS) is 11.6. The standard InChI is InChI=1S/C9H13NO6S/c1-2-6(11)10-5(9(15)16)4-17-8(14)3-7(12)13/h5H,2-4H2,1H3,(H,10,11)(H,12,13)(H,15,16)/t5-/m1/s1. The molecule has 0 radical (unpaired) electrons. The highest BCUT2D eigenvalue weighted by molar-refractivity contribution is 8.13. The first-order chi connectivity index (χ1) is 7.86. The maximum absolute atomic E-state index is 11.0. The first kappa shape index (κ1) is 15.4. The fourth-order valence-corrected chi connectivity index (χ4v) is 1.63. The summed E-state index contributed by atoms with van der Waals surface area (Å²) in [6.07, 6.45) is -0.531. The Hall–Kier alpha value is -1.57. The zero-order chi connectivity index (χ0) is 13.4. The highest BCUT2D eigenvalue weighted by Gasteiger charge is 2.21. The molecule has 0 aromatic rings. The summed E-state index contributed by atoms with van der Waals surface area (Å²) in [4.78, 5) is 42.9. The lowest BCUT2D eigenvalue weighted by Gasteiger charge is -2.12. The van der Waals surface area contributed by atoms with Crippen LogP contribution >= 0.6 is 11.8 Å². The van der Waals surface area contributed by atoms with Gasteiger partial charge >= 0.3 is 11.9 Å². The minimum absolute atomic E-state index is 0.136. The number of carboxylic acids is 2. The first-order valence-corrected chi connectivity index (χ1v) is 5.75. The third-order valence-corrected chi connectivity index (χ3v) is 2.63. The van der Waals surface area contributed by atoms with Gasteiger partial charge in [0.05, 0.1) is 0 Å². The molecule has 7 nitrogen and oxygen atoms in total. The van der Waals surface area contributed by atoms with Crippen LogP contribution in [0.2, 0.25) is 0 Å². The van der Waals surface area contributed by atoms with Crippen molar-refractivity contribution in [3.8, 4) is 0 Å². The van der Waals surface area contributed by atoms with Gasteiger partial charge in [0.2, 0.25) is 5.91 Å². The van der Waals surface area contributed by atoms with Gasteiger partial charge in [-0.2, -0.15) is 0 Å². The van der Waals surface area contributed by atoms with Crippen molar-refractivity contribution in [1.29, 1.82) is 0 Å². The average Bonchev–Trinajstić information content (AvgIpc) is 2.22. The van der Waals surface area contributed by atoms with Crippen molar-refractivity contribution in [3.63, 3.8) is 0 Å². The number of nitrogens with one attached hydrogen (secondary N) is 1. The summed E-state index contributed by atoms with van der Waals surface area (Å²) >= 11 is 0.578. The Labute approximate surface area is 102 Å². The Morgan fingerprint density at radius 1 is 1.24 bits per heavy atom. The van der Waals surface area contributed by atoms with Gasteiger partial charge in [-0.1, -0.05) is 18.7 Å². The zero-order valence-corrected chi connectivity index (χ0v) is 9.95. The molecule has 8 heteroatoms. The molecule has 1 atom stereocenters. The number of thioether (sulfide) groups is 1. The molecule has 96 valence electrons. The smallest absolute Gasteiger partial charge is 0.327 e. The van der Waals surface area contributed by atoms with E-state index in [1.54, 1.807) is 6.92 Å². The van der Waals surface area contributed by atoms with Crippen molar-refractivity contribution in [1.82, 2.24) is 5.32 Å². The predicted molar refractivity (Wildman–Crippen MR) is 59.6 cm³/mol. The second-order valence-corrected chi connectivity index (χ2v) is 4.14. The van der Waals surface area contributed by atoms with Crippen LogP contribution < -0.4 is 5.32 Å². The van der Waals surface area contributed by atoms with Gasteiger partial charge in [0.1, 0.15) is 12.5 Å². The molecule has 1 amide bonds. The number of carbonyl (C=O) groups excluding carboxylic acids is 2. The number of hydrogen-bond donors (Lipinski definition) is 3. The molecular formula is C9H13NO6S. The second kappa shape index (κ2) is 7.66. The van der Waals surface area contributed by atoms with Crippen molar-refractivity contribution < 1.29 is 29.4 Å². The van der Waals surface area contributed by atoms with Crippen LogP contribution in [-0.2, 0) is 19.2 Å². The van der Waals surface area contributed by atoms with Crippen LogP contribution in [0.4, 0.5) is 0 Å². The van der Waals surface area contributed by atoms with Crippen LogP contribution in [0.15, 0.2) is 0 Å². The summed E-state index contributed by atoms with van der Waals surface area (Å²) in [5.74, 6) is -3.16. The lowest BCUT2D eigenvalue weighted by atomic mass is 10.3. The minimum Gasteiger partial charge on any atom is -0.481 e. The van der Waals surface area contributed by atoms with E-state index in [0.29, 0.717) is 11.8 Å². The second-order valence-electron chi connectivity index (χ2n) is 3.07. The van der Waals surface area contributed by atoms with Crippen LogP contribution in [0.3, 0.4) is 0 Å². The molecule has 0 aliphatic heterocycles. The number of carbonyl (C=O) groups is 4. The zero-order valence-electron chi connectivity index (χ0n) is 9.13. The molecule has 0 rings (SSSR count). The van der Waals surface area contributed by atoms with E-state index in [0.717, 1.165) is 0 Å². The van der Waals surface area contributed by atoms with Crippen LogP contribution in [0.5, 0.6) is 0 Å². The molecule has 17 heavy (non-hydrogen) atoms. The van der Waals surface area contributed by atoms with E-state index in [9.17, 15) is 19.2 Å². The highest BCUT2D eigenvalue weighted by Crippen LogP contribution is 2.08. The molecular weight excluding hydrogens is 250 g/mol. The lowest BCUT2D eigenvalue weighted by Crippen LogP contribution is -2.42. The summed E-state index contributed by atoms with van der Waals surface area (Å²) in [6.45, 7) is 1.57. The van der Waals surface area contributed by atoms with Gasteiger partial charge in [-0.15, -0.1) is 0 Å². The monoisotopic (exact) mass is 263 g/mol. The highest BCUT2D eigenvalue weighted by atomic mass is 32.2. The Morgan fingerprint density at radius 3 is 2.24 bits per heavy atom. The average molecular weight is 263 g/mol. The molecule has 0 fully saturated rings. The van der Waals surface area contributed by atoms with Gasteiger partial charge in [0, 0.05) is 12.2 Å². The third-order valence-electron chi connectivity index (χ3n) is 1.66. The first-order valence-electron chi connectivity index (χ1n) is 4.76. The van der Waals surface area contributed by atoms with Crippen LogP contribution in [0.1, 0.15) is 19.8 Å². The number of carboxylic acid groups (broad SMARTS) is 2. The van der Waals surface area contributed by atoms with Crippen molar-refractivity contribution in [2.45, 2.75) is 25.8 Å².